The van der Waals surface area contributed by atoms with E-state index < -0.39 is 11.2 Å². The van der Waals surface area contributed by atoms with Crippen molar-refractivity contribution in [3.8, 4) is 0 Å². The van der Waals surface area contributed by atoms with Crippen LogP contribution >= 0.6 is 15.9 Å². The largest absolute Gasteiger partial charge is 0.395 e. The summed E-state index contributed by atoms with van der Waals surface area (Å²) >= 11 is 3.20. The third-order valence-electron chi connectivity index (χ3n) is 3.67. The molecule has 0 saturated heterocycles. The Morgan fingerprint density at radius 1 is 1.14 bits per heavy atom. The van der Waals surface area contributed by atoms with E-state index in [9.17, 15) is 13.9 Å². The predicted molar refractivity (Wildman–Crippen MR) is 82.0 cm³/mol. The van der Waals surface area contributed by atoms with Gasteiger partial charge < -0.3 is 10.8 Å². The fourth-order valence-corrected chi connectivity index (χ4v) is 2.68. The fourth-order valence-electron chi connectivity index (χ4n) is 2.35. The molecule has 2 aromatic rings. The Morgan fingerprint density at radius 2 is 1.90 bits per heavy atom. The van der Waals surface area contributed by atoms with Crippen molar-refractivity contribution in [1.82, 2.24) is 0 Å². The smallest absolute Gasteiger partial charge is 0.127 e. The molecule has 1 unspecified atom stereocenters. The topological polar surface area (TPSA) is 46.2 Å². The molecule has 0 aliphatic rings. The van der Waals surface area contributed by atoms with Gasteiger partial charge in [-0.2, -0.15) is 0 Å². The van der Waals surface area contributed by atoms with E-state index >= 15 is 0 Å². The minimum absolute atomic E-state index is 0.0858. The van der Waals surface area contributed by atoms with E-state index in [0.717, 1.165) is 0 Å². The van der Waals surface area contributed by atoms with E-state index in [-0.39, 0.29) is 25.4 Å². The molecule has 3 N–H and O–H groups in total. The van der Waals surface area contributed by atoms with Crippen molar-refractivity contribution in [2.75, 3.05) is 13.2 Å². The molecule has 2 aromatic carbocycles. The normalized spacial score (nSPS) is 14.0. The van der Waals surface area contributed by atoms with Crippen molar-refractivity contribution >= 4 is 15.9 Å². The Labute approximate surface area is 130 Å². The zero-order valence-electron chi connectivity index (χ0n) is 11.3. The van der Waals surface area contributed by atoms with Crippen molar-refractivity contribution in [1.29, 1.82) is 0 Å². The van der Waals surface area contributed by atoms with Gasteiger partial charge in [0.1, 0.15) is 11.6 Å². The first-order chi connectivity index (χ1) is 10.0. The maximum atomic E-state index is 14.0. The lowest BCUT2D eigenvalue weighted by atomic mass is 9.76. The lowest BCUT2D eigenvalue weighted by Crippen LogP contribution is -2.41. The highest BCUT2D eigenvalue weighted by Gasteiger charge is 2.31. The van der Waals surface area contributed by atoms with E-state index in [4.69, 9.17) is 5.73 Å². The molecule has 2 nitrogen and oxygen atoms in total. The van der Waals surface area contributed by atoms with Crippen LogP contribution < -0.4 is 5.73 Å². The molecule has 2 rings (SSSR count). The van der Waals surface area contributed by atoms with Crippen molar-refractivity contribution in [3.63, 3.8) is 0 Å². The number of rotatable bonds is 5. The highest BCUT2D eigenvalue weighted by molar-refractivity contribution is 9.10. The van der Waals surface area contributed by atoms with E-state index in [1.54, 1.807) is 24.3 Å². The molecule has 0 fully saturated rings. The monoisotopic (exact) mass is 355 g/mol. The van der Waals surface area contributed by atoms with Crippen molar-refractivity contribution < 1.29 is 13.9 Å². The molecule has 0 spiro atoms. The molecule has 0 bridgehead atoms. The summed E-state index contributed by atoms with van der Waals surface area (Å²) in [6.45, 7) is -0.203. The van der Waals surface area contributed by atoms with E-state index in [0.29, 0.717) is 15.6 Å². The van der Waals surface area contributed by atoms with Gasteiger partial charge in [-0.15, -0.1) is 0 Å². The third kappa shape index (κ3) is 3.48. The van der Waals surface area contributed by atoms with Crippen LogP contribution in [-0.4, -0.2) is 18.3 Å². The number of hydrogen-bond acceptors (Lipinski definition) is 2. The highest BCUT2D eigenvalue weighted by Crippen LogP contribution is 2.29. The molecule has 21 heavy (non-hydrogen) atoms. The van der Waals surface area contributed by atoms with Crippen LogP contribution in [0.5, 0.6) is 0 Å². The van der Waals surface area contributed by atoms with Gasteiger partial charge in [-0.05, 0) is 41.8 Å². The summed E-state index contributed by atoms with van der Waals surface area (Å²) in [6, 6.07) is 10.6. The average Bonchev–Trinajstić information content (AvgIpc) is 2.47. The van der Waals surface area contributed by atoms with Gasteiger partial charge in [0.2, 0.25) is 0 Å². The molecule has 1 atom stereocenters. The molecule has 0 saturated carbocycles. The summed E-state index contributed by atoms with van der Waals surface area (Å²) in [5.41, 5.74) is 5.91. The van der Waals surface area contributed by atoms with Gasteiger partial charge in [0.05, 0.1) is 6.61 Å². The predicted octanol–water partition coefficient (Wildman–Crippen LogP) is 3.16. The van der Waals surface area contributed by atoms with Crippen LogP contribution in [0.4, 0.5) is 8.78 Å². The number of aliphatic hydroxyl groups excluding tert-OH is 1. The maximum absolute atomic E-state index is 14.0. The van der Waals surface area contributed by atoms with Gasteiger partial charge >= 0.3 is 0 Å². The Bertz CT molecular complexity index is 629. The molecule has 0 radical (unpaired) electrons. The number of nitrogens with two attached hydrogens (primary N) is 1. The molecule has 5 heteroatoms. The fraction of sp³-hybridized carbons (Fsp3) is 0.250. The molecule has 0 heterocycles. The maximum Gasteiger partial charge on any atom is 0.127 e. The van der Waals surface area contributed by atoms with Gasteiger partial charge in [-0.3, -0.25) is 0 Å². The minimum atomic E-state index is -0.906. The number of hydrogen-bond donors (Lipinski definition) is 2. The molecule has 0 amide bonds. The zero-order chi connectivity index (χ0) is 15.5. The standard InChI is InChI=1S/C16H16BrF2NO/c17-13-5-4-11(15(19)7-13)8-16(9-20,10-21)12-2-1-3-14(18)6-12/h1-7,21H,8-10,20H2. The van der Waals surface area contributed by atoms with Crippen molar-refractivity contribution in [2.45, 2.75) is 11.8 Å². The van der Waals surface area contributed by atoms with Crippen LogP contribution in [0.25, 0.3) is 0 Å². The molecule has 112 valence electrons. The van der Waals surface area contributed by atoms with Gasteiger partial charge in [0, 0.05) is 16.4 Å². The van der Waals surface area contributed by atoms with Gasteiger partial charge in [0.15, 0.2) is 0 Å². The summed E-state index contributed by atoms with van der Waals surface area (Å²) in [5, 5.41) is 9.79. The molecule has 0 aliphatic heterocycles. The summed E-state index contributed by atoms with van der Waals surface area (Å²) in [4.78, 5) is 0. The summed E-state index contributed by atoms with van der Waals surface area (Å²) in [6.07, 6.45) is 0.197. The molecular weight excluding hydrogens is 340 g/mol. The molecule has 0 aromatic heterocycles. The second-order valence-electron chi connectivity index (χ2n) is 5.07. The quantitative estimate of drug-likeness (QED) is 0.865. The summed E-state index contributed by atoms with van der Waals surface area (Å²) in [5.74, 6) is -0.790. The SMILES string of the molecule is NCC(CO)(Cc1ccc(Br)cc1F)c1cccc(F)c1. The van der Waals surface area contributed by atoms with Crippen LogP contribution in [0.3, 0.4) is 0 Å². The first-order valence-electron chi connectivity index (χ1n) is 6.52. The van der Waals surface area contributed by atoms with Crippen LogP contribution in [0.2, 0.25) is 0 Å². The molecular formula is C16H16BrF2NO. The zero-order valence-corrected chi connectivity index (χ0v) is 12.9. The first-order valence-corrected chi connectivity index (χ1v) is 7.31. The Hall–Kier alpha value is -1.30. The average molecular weight is 356 g/mol. The highest BCUT2D eigenvalue weighted by atomic mass is 79.9. The minimum Gasteiger partial charge on any atom is -0.395 e. The van der Waals surface area contributed by atoms with Gasteiger partial charge in [-0.1, -0.05) is 34.1 Å². The summed E-state index contributed by atoms with van der Waals surface area (Å²) < 4.78 is 28.1. The lowest BCUT2D eigenvalue weighted by molar-refractivity contribution is 0.195. The lowest BCUT2D eigenvalue weighted by Gasteiger charge is -2.31. The summed E-state index contributed by atoms with van der Waals surface area (Å²) in [7, 11) is 0. The van der Waals surface area contributed by atoms with Crippen LogP contribution in [-0.2, 0) is 11.8 Å². The van der Waals surface area contributed by atoms with E-state index in [1.165, 1.54) is 18.2 Å². The Kier molecular flexibility index (Phi) is 5.08. The first kappa shape index (κ1) is 16.1. The van der Waals surface area contributed by atoms with Crippen LogP contribution in [0.15, 0.2) is 46.9 Å². The van der Waals surface area contributed by atoms with Gasteiger partial charge in [-0.25, -0.2) is 8.78 Å². The number of halogens is 3. The second kappa shape index (κ2) is 6.64. The molecule has 0 aliphatic carbocycles. The number of aliphatic hydroxyl groups is 1. The Morgan fingerprint density at radius 3 is 2.48 bits per heavy atom. The van der Waals surface area contributed by atoms with Crippen molar-refractivity contribution in [2.24, 2.45) is 5.73 Å². The van der Waals surface area contributed by atoms with E-state index in [1.807, 2.05) is 0 Å². The van der Waals surface area contributed by atoms with E-state index in [2.05, 4.69) is 15.9 Å². The van der Waals surface area contributed by atoms with Crippen LogP contribution in [0, 0.1) is 11.6 Å². The Balaban J connectivity index is 2.43. The third-order valence-corrected chi connectivity index (χ3v) is 4.17. The van der Waals surface area contributed by atoms with Gasteiger partial charge in [0.25, 0.3) is 0 Å². The second-order valence-corrected chi connectivity index (χ2v) is 5.98. The van der Waals surface area contributed by atoms with Crippen molar-refractivity contribution in [3.05, 3.63) is 69.7 Å². The number of benzene rings is 2. The van der Waals surface area contributed by atoms with Crippen LogP contribution in [0.1, 0.15) is 11.1 Å².